The smallest absolute Gasteiger partial charge is 0.243 e. The molecule has 0 radical (unpaired) electrons. The standard InChI is InChI=1S/C25H27N5O4S/c1-16(31)17-10-12-21(13-11-17)35(33,34)30-14-3-2-7-22(30)25(32)26-20-6-4-5-19(15-20)24-27-23(28-29-24)18-8-9-18/h4-6,10-13,15,18,22H,2-3,7-9,14H2,1H3,(H,26,32)(H,27,28,29). The number of benzene rings is 2. The number of carbonyl (C=O) groups excluding carboxylic acids is 2. The third-order valence-electron chi connectivity index (χ3n) is 6.48. The van der Waals surface area contributed by atoms with E-state index in [1.54, 1.807) is 12.1 Å². The number of H-pyrrole nitrogens is 1. The van der Waals surface area contributed by atoms with Gasteiger partial charge in [0.2, 0.25) is 15.9 Å². The van der Waals surface area contributed by atoms with Crippen molar-refractivity contribution < 1.29 is 18.0 Å². The lowest BCUT2D eigenvalue weighted by molar-refractivity contribution is -0.120. The molecule has 1 saturated carbocycles. The quantitative estimate of drug-likeness (QED) is 0.483. The van der Waals surface area contributed by atoms with E-state index in [1.165, 1.54) is 35.5 Å². The summed E-state index contributed by atoms with van der Waals surface area (Å²) in [5.41, 5.74) is 1.76. The number of ketones is 1. The molecule has 1 atom stereocenters. The molecule has 2 aliphatic rings. The summed E-state index contributed by atoms with van der Waals surface area (Å²) in [7, 11) is -3.90. The van der Waals surface area contributed by atoms with Gasteiger partial charge in [0, 0.05) is 29.3 Å². The van der Waals surface area contributed by atoms with E-state index in [0.29, 0.717) is 35.8 Å². The number of piperidine rings is 1. The van der Waals surface area contributed by atoms with Crippen molar-refractivity contribution in [2.24, 2.45) is 0 Å². The third-order valence-corrected chi connectivity index (χ3v) is 8.40. The maximum Gasteiger partial charge on any atom is 0.243 e. The highest BCUT2D eigenvalue weighted by Gasteiger charge is 2.37. The zero-order chi connectivity index (χ0) is 24.6. The van der Waals surface area contributed by atoms with E-state index in [-0.39, 0.29) is 23.1 Å². The van der Waals surface area contributed by atoms with Gasteiger partial charge in [-0.05, 0) is 56.9 Å². The number of nitrogens with one attached hydrogen (secondary N) is 2. The molecule has 35 heavy (non-hydrogen) atoms. The number of rotatable bonds is 7. The highest BCUT2D eigenvalue weighted by Crippen LogP contribution is 2.38. The SMILES string of the molecule is CC(=O)c1ccc(S(=O)(=O)N2CCCCC2C(=O)Nc2cccc(-c3n[nH]c(C4CC4)n3)c2)cc1. The first-order valence-corrected chi connectivity index (χ1v) is 13.2. The van der Waals surface area contributed by atoms with E-state index in [1.807, 2.05) is 12.1 Å². The molecule has 1 amide bonds. The van der Waals surface area contributed by atoms with Crippen LogP contribution < -0.4 is 5.32 Å². The van der Waals surface area contributed by atoms with Crippen molar-refractivity contribution in [3.8, 4) is 11.4 Å². The Kier molecular flexibility index (Phi) is 6.24. The normalized spacial score (nSPS) is 18.8. The van der Waals surface area contributed by atoms with Crippen LogP contribution in [0.5, 0.6) is 0 Å². The van der Waals surface area contributed by atoms with Crippen molar-refractivity contribution in [2.45, 2.75) is 55.9 Å². The molecule has 0 spiro atoms. The van der Waals surface area contributed by atoms with Gasteiger partial charge in [0.15, 0.2) is 11.6 Å². The second-order valence-electron chi connectivity index (χ2n) is 9.10. The minimum absolute atomic E-state index is 0.0697. The summed E-state index contributed by atoms with van der Waals surface area (Å²) in [4.78, 5) is 29.4. The van der Waals surface area contributed by atoms with Crippen LogP contribution in [-0.4, -0.2) is 52.2 Å². The van der Waals surface area contributed by atoms with Gasteiger partial charge in [0.05, 0.1) is 4.90 Å². The monoisotopic (exact) mass is 493 g/mol. The van der Waals surface area contributed by atoms with Crippen LogP contribution in [0.1, 0.15) is 61.1 Å². The van der Waals surface area contributed by atoms with Crippen LogP contribution >= 0.6 is 0 Å². The lowest BCUT2D eigenvalue weighted by Crippen LogP contribution is -2.49. The number of hydrogen-bond acceptors (Lipinski definition) is 6. The summed E-state index contributed by atoms with van der Waals surface area (Å²) in [5.74, 6) is 1.39. The number of anilines is 1. The maximum atomic E-state index is 13.4. The predicted molar refractivity (Wildman–Crippen MR) is 130 cm³/mol. The molecule has 9 nitrogen and oxygen atoms in total. The Morgan fingerprint density at radius 3 is 2.54 bits per heavy atom. The Hall–Kier alpha value is -3.37. The fourth-order valence-corrected chi connectivity index (χ4v) is 6.01. The number of sulfonamides is 1. The lowest BCUT2D eigenvalue weighted by Gasteiger charge is -2.33. The van der Waals surface area contributed by atoms with Crippen molar-refractivity contribution in [2.75, 3.05) is 11.9 Å². The average molecular weight is 494 g/mol. The Morgan fingerprint density at radius 2 is 1.83 bits per heavy atom. The molecule has 1 aliphatic heterocycles. The first-order chi connectivity index (χ1) is 16.8. The number of Topliss-reactive ketones (excluding diaryl/α,β-unsaturated/α-hetero) is 1. The van der Waals surface area contributed by atoms with Crippen molar-refractivity contribution in [3.63, 3.8) is 0 Å². The fraction of sp³-hybridized carbons (Fsp3) is 0.360. The summed E-state index contributed by atoms with van der Waals surface area (Å²) < 4.78 is 28.0. The van der Waals surface area contributed by atoms with Gasteiger partial charge in [-0.1, -0.05) is 30.7 Å². The molecule has 2 aromatic carbocycles. The number of carbonyl (C=O) groups is 2. The Bertz CT molecular complexity index is 1360. The molecule has 1 saturated heterocycles. The topological polar surface area (TPSA) is 125 Å². The number of hydrogen-bond donors (Lipinski definition) is 2. The number of amides is 1. The van der Waals surface area contributed by atoms with Crippen LogP contribution in [-0.2, 0) is 14.8 Å². The summed E-state index contributed by atoms with van der Waals surface area (Å²) in [5, 5.41) is 10.2. The lowest BCUT2D eigenvalue weighted by atomic mass is 10.0. The first-order valence-electron chi connectivity index (χ1n) is 11.8. The number of aromatic nitrogens is 3. The molecular weight excluding hydrogens is 466 g/mol. The van der Waals surface area contributed by atoms with E-state index in [4.69, 9.17) is 0 Å². The average Bonchev–Trinajstić information content (AvgIpc) is 3.60. The Balaban J connectivity index is 1.34. The highest BCUT2D eigenvalue weighted by atomic mass is 32.2. The van der Waals surface area contributed by atoms with Gasteiger partial charge in [0.25, 0.3) is 0 Å². The second-order valence-corrected chi connectivity index (χ2v) is 11.0. The van der Waals surface area contributed by atoms with Gasteiger partial charge < -0.3 is 5.32 Å². The van der Waals surface area contributed by atoms with Crippen LogP contribution in [0.25, 0.3) is 11.4 Å². The minimum Gasteiger partial charge on any atom is -0.325 e. The van der Waals surface area contributed by atoms with Crippen LogP contribution in [0.2, 0.25) is 0 Å². The predicted octanol–water partition coefficient (Wildman–Crippen LogP) is 3.73. The molecule has 2 N–H and O–H groups in total. The van der Waals surface area contributed by atoms with E-state index < -0.39 is 16.1 Å². The van der Waals surface area contributed by atoms with Gasteiger partial charge in [-0.25, -0.2) is 13.4 Å². The summed E-state index contributed by atoms with van der Waals surface area (Å²) >= 11 is 0. The molecule has 1 unspecified atom stereocenters. The van der Waals surface area contributed by atoms with Crippen LogP contribution in [0.3, 0.4) is 0 Å². The molecule has 1 aromatic heterocycles. The molecular formula is C25H27N5O4S. The molecule has 2 heterocycles. The first kappa shape index (κ1) is 23.4. The van der Waals surface area contributed by atoms with Gasteiger partial charge in [-0.15, -0.1) is 0 Å². The van der Waals surface area contributed by atoms with Crippen LogP contribution in [0.15, 0.2) is 53.4 Å². The Morgan fingerprint density at radius 1 is 1.06 bits per heavy atom. The van der Waals surface area contributed by atoms with Crippen molar-refractivity contribution in [1.29, 1.82) is 0 Å². The zero-order valence-corrected chi connectivity index (χ0v) is 20.2. The third kappa shape index (κ3) is 4.89. The van der Waals surface area contributed by atoms with Gasteiger partial charge in [-0.3, -0.25) is 14.7 Å². The molecule has 182 valence electrons. The largest absolute Gasteiger partial charge is 0.325 e. The molecule has 3 aromatic rings. The number of aromatic amines is 1. The van der Waals surface area contributed by atoms with Gasteiger partial charge in [-0.2, -0.15) is 9.40 Å². The van der Waals surface area contributed by atoms with Crippen LogP contribution in [0, 0.1) is 0 Å². The fourth-order valence-electron chi connectivity index (χ4n) is 4.36. The molecule has 2 fully saturated rings. The number of nitrogens with zero attached hydrogens (tertiary/aromatic N) is 3. The zero-order valence-electron chi connectivity index (χ0n) is 19.4. The van der Waals surface area contributed by atoms with Crippen LogP contribution in [0.4, 0.5) is 5.69 Å². The molecule has 5 rings (SSSR count). The van der Waals surface area contributed by atoms with Gasteiger partial charge in [0.1, 0.15) is 11.9 Å². The summed E-state index contributed by atoms with van der Waals surface area (Å²) in [6.45, 7) is 1.69. The van der Waals surface area contributed by atoms with Crippen molar-refractivity contribution in [1.82, 2.24) is 19.5 Å². The summed E-state index contributed by atoms with van der Waals surface area (Å²) in [6, 6.07) is 12.3. The molecule has 10 heteroatoms. The molecule has 1 aliphatic carbocycles. The molecule has 0 bridgehead atoms. The van der Waals surface area contributed by atoms with E-state index >= 15 is 0 Å². The minimum atomic E-state index is -3.90. The van der Waals surface area contributed by atoms with E-state index in [9.17, 15) is 18.0 Å². The van der Waals surface area contributed by atoms with Crippen molar-refractivity contribution in [3.05, 3.63) is 59.9 Å². The van der Waals surface area contributed by atoms with E-state index in [0.717, 1.165) is 30.7 Å². The van der Waals surface area contributed by atoms with Crippen molar-refractivity contribution >= 4 is 27.4 Å². The van der Waals surface area contributed by atoms with E-state index in [2.05, 4.69) is 20.5 Å². The maximum absolute atomic E-state index is 13.4. The Labute approximate surface area is 204 Å². The van der Waals surface area contributed by atoms with Gasteiger partial charge >= 0.3 is 0 Å². The highest BCUT2D eigenvalue weighted by molar-refractivity contribution is 7.89. The second kappa shape index (κ2) is 9.35. The summed E-state index contributed by atoms with van der Waals surface area (Å²) in [6.07, 6.45) is 4.10.